The first-order valence-electron chi connectivity index (χ1n) is 6.26. The van der Waals surface area contributed by atoms with Gasteiger partial charge in [-0.3, -0.25) is 0 Å². The largest absolute Gasteiger partial charge is 0.350 e. The summed E-state index contributed by atoms with van der Waals surface area (Å²) in [7, 11) is 0. The zero-order valence-corrected chi connectivity index (χ0v) is 12.4. The van der Waals surface area contributed by atoms with Crippen LogP contribution in [0.15, 0.2) is 46.8 Å². The van der Waals surface area contributed by atoms with Gasteiger partial charge in [-0.15, -0.1) is 11.3 Å². The molecule has 1 atom stereocenters. The molecular weight excluding hydrogens is 272 g/mol. The van der Waals surface area contributed by atoms with E-state index < -0.39 is 0 Å². The predicted octanol–water partition coefficient (Wildman–Crippen LogP) is 4.33. The standard InChI is InChI=1S/C15H16N2S2/c1-10-6-7-18-15(10)13(9-16)19-14-8-11-4-2-3-5-12(11)17-14/h2-8,13,17H,9,16H2,1H3. The molecule has 98 valence electrons. The molecule has 0 bridgehead atoms. The normalized spacial score (nSPS) is 12.9. The molecule has 4 heteroatoms. The third-order valence-electron chi connectivity index (χ3n) is 3.18. The van der Waals surface area contributed by atoms with E-state index in [-0.39, 0.29) is 0 Å². The lowest BCUT2D eigenvalue weighted by molar-refractivity contribution is 0.949. The third-order valence-corrected chi connectivity index (χ3v) is 5.65. The number of hydrogen-bond acceptors (Lipinski definition) is 3. The Kier molecular flexibility index (Phi) is 3.64. The molecule has 0 spiro atoms. The summed E-state index contributed by atoms with van der Waals surface area (Å²) in [5.74, 6) is 0. The number of fused-ring (bicyclic) bond motifs is 1. The summed E-state index contributed by atoms with van der Waals surface area (Å²) in [6, 6.07) is 12.7. The number of benzene rings is 1. The first-order chi connectivity index (χ1) is 9.28. The minimum Gasteiger partial charge on any atom is -0.350 e. The van der Waals surface area contributed by atoms with Crippen molar-refractivity contribution in [2.24, 2.45) is 5.73 Å². The van der Waals surface area contributed by atoms with E-state index in [0.717, 1.165) is 0 Å². The zero-order valence-electron chi connectivity index (χ0n) is 10.7. The smallest absolute Gasteiger partial charge is 0.0739 e. The zero-order chi connectivity index (χ0) is 13.2. The SMILES string of the molecule is Cc1ccsc1C(CN)Sc1cc2ccccc2[nH]1. The molecule has 3 rings (SSSR count). The Morgan fingerprint density at radius 3 is 2.84 bits per heavy atom. The molecule has 2 nitrogen and oxygen atoms in total. The second-order valence-electron chi connectivity index (χ2n) is 4.53. The fourth-order valence-corrected chi connectivity index (χ4v) is 4.48. The fraction of sp³-hybridized carbons (Fsp3) is 0.200. The maximum atomic E-state index is 5.95. The van der Waals surface area contributed by atoms with Gasteiger partial charge in [0.15, 0.2) is 0 Å². The minimum atomic E-state index is 0.327. The number of aromatic amines is 1. The molecule has 3 aromatic rings. The Labute approximate surface area is 121 Å². The van der Waals surface area contributed by atoms with Gasteiger partial charge in [0.05, 0.1) is 10.3 Å². The molecule has 19 heavy (non-hydrogen) atoms. The van der Waals surface area contributed by atoms with Crippen molar-refractivity contribution in [2.45, 2.75) is 17.2 Å². The van der Waals surface area contributed by atoms with Crippen LogP contribution in [0.3, 0.4) is 0 Å². The van der Waals surface area contributed by atoms with E-state index in [9.17, 15) is 0 Å². The van der Waals surface area contributed by atoms with Gasteiger partial charge in [0.1, 0.15) is 0 Å². The van der Waals surface area contributed by atoms with Crippen molar-refractivity contribution >= 4 is 34.0 Å². The first kappa shape index (κ1) is 12.8. The number of nitrogens with one attached hydrogen (secondary N) is 1. The molecule has 0 fully saturated rings. The van der Waals surface area contributed by atoms with Gasteiger partial charge in [-0.05, 0) is 36.1 Å². The summed E-state index contributed by atoms with van der Waals surface area (Å²) in [5, 5.41) is 4.90. The topological polar surface area (TPSA) is 41.8 Å². The summed E-state index contributed by atoms with van der Waals surface area (Å²) >= 11 is 3.61. The van der Waals surface area contributed by atoms with Crippen LogP contribution in [-0.4, -0.2) is 11.5 Å². The monoisotopic (exact) mass is 288 g/mol. The van der Waals surface area contributed by atoms with E-state index in [1.165, 1.54) is 26.4 Å². The van der Waals surface area contributed by atoms with Crippen molar-refractivity contribution in [3.05, 3.63) is 52.2 Å². The summed E-state index contributed by atoms with van der Waals surface area (Å²) in [5.41, 5.74) is 8.47. The second-order valence-corrected chi connectivity index (χ2v) is 6.72. The lowest BCUT2D eigenvalue weighted by Crippen LogP contribution is -2.08. The number of thioether (sulfide) groups is 1. The fourth-order valence-electron chi connectivity index (χ4n) is 2.19. The molecule has 1 aromatic carbocycles. The molecule has 0 aliphatic rings. The average Bonchev–Trinajstić information content (AvgIpc) is 3.01. The summed E-state index contributed by atoms with van der Waals surface area (Å²) in [4.78, 5) is 4.83. The molecule has 2 heterocycles. The highest BCUT2D eigenvalue weighted by atomic mass is 32.2. The summed E-state index contributed by atoms with van der Waals surface area (Å²) in [6.07, 6.45) is 0. The minimum absolute atomic E-state index is 0.327. The van der Waals surface area contributed by atoms with Crippen LogP contribution >= 0.6 is 23.1 Å². The predicted molar refractivity (Wildman–Crippen MR) is 85.0 cm³/mol. The molecule has 0 saturated heterocycles. The van der Waals surface area contributed by atoms with Gasteiger partial charge >= 0.3 is 0 Å². The van der Waals surface area contributed by atoms with E-state index in [2.05, 4.69) is 53.7 Å². The van der Waals surface area contributed by atoms with E-state index in [1.54, 1.807) is 11.3 Å². The molecule has 3 N–H and O–H groups in total. The lowest BCUT2D eigenvalue weighted by Gasteiger charge is -2.12. The van der Waals surface area contributed by atoms with Gasteiger partial charge < -0.3 is 10.7 Å². The average molecular weight is 288 g/mol. The Morgan fingerprint density at radius 1 is 1.32 bits per heavy atom. The highest BCUT2D eigenvalue weighted by Gasteiger charge is 2.16. The van der Waals surface area contributed by atoms with Crippen molar-refractivity contribution in [1.82, 2.24) is 4.98 Å². The number of rotatable bonds is 4. The van der Waals surface area contributed by atoms with Crippen molar-refractivity contribution in [2.75, 3.05) is 6.54 Å². The summed E-state index contributed by atoms with van der Waals surface area (Å²) < 4.78 is 0. The van der Waals surface area contributed by atoms with Gasteiger partial charge in [-0.1, -0.05) is 30.0 Å². The Hall–Kier alpha value is -1.23. The van der Waals surface area contributed by atoms with Gasteiger partial charge in [0.2, 0.25) is 0 Å². The van der Waals surface area contributed by atoms with Crippen LogP contribution in [0.5, 0.6) is 0 Å². The number of nitrogens with two attached hydrogens (primary N) is 1. The number of aryl methyl sites for hydroxylation is 1. The quantitative estimate of drug-likeness (QED) is 0.702. The number of aromatic nitrogens is 1. The molecule has 2 aromatic heterocycles. The van der Waals surface area contributed by atoms with Crippen molar-refractivity contribution < 1.29 is 0 Å². The molecule has 0 radical (unpaired) electrons. The van der Waals surface area contributed by atoms with Crippen molar-refractivity contribution in [1.29, 1.82) is 0 Å². The number of H-pyrrole nitrogens is 1. The van der Waals surface area contributed by atoms with Crippen LogP contribution in [0.1, 0.15) is 15.7 Å². The van der Waals surface area contributed by atoms with E-state index in [1.807, 2.05) is 11.8 Å². The maximum absolute atomic E-state index is 5.95. The Morgan fingerprint density at radius 2 is 2.16 bits per heavy atom. The third kappa shape index (κ3) is 2.56. The molecular formula is C15H16N2S2. The van der Waals surface area contributed by atoms with Gasteiger partial charge in [0, 0.05) is 22.3 Å². The van der Waals surface area contributed by atoms with Gasteiger partial charge in [-0.25, -0.2) is 0 Å². The number of thiophene rings is 1. The summed E-state index contributed by atoms with van der Waals surface area (Å²) in [6.45, 7) is 2.81. The van der Waals surface area contributed by atoms with Crippen LogP contribution in [0.4, 0.5) is 0 Å². The number of hydrogen-bond donors (Lipinski definition) is 2. The molecule has 0 aliphatic heterocycles. The molecule has 0 aliphatic carbocycles. The van der Waals surface area contributed by atoms with Gasteiger partial charge in [-0.2, -0.15) is 0 Å². The van der Waals surface area contributed by atoms with Crippen molar-refractivity contribution in [3.8, 4) is 0 Å². The lowest BCUT2D eigenvalue weighted by atomic mass is 10.2. The van der Waals surface area contributed by atoms with Crippen LogP contribution in [0.25, 0.3) is 10.9 Å². The number of para-hydroxylation sites is 1. The second kappa shape index (κ2) is 5.41. The highest BCUT2D eigenvalue weighted by molar-refractivity contribution is 7.99. The van der Waals surface area contributed by atoms with E-state index >= 15 is 0 Å². The first-order valence-corrected chi connectivity index (χ1v) is 8.02. The van der Waals surface area contributed by atoms with Crippen LogP contribution < -0.4 is 5.73 Å². The van der Waals surface area contributed by atoms with E-state index in [0.29, 0.717) is 11.8 Å². The molecule has 0 amide bonds. The highest BCUT2D eigenvalue weighted by Crippen LogP contribution is 2.38. The molecule has 0 saturated carbocycles. The Bertz CT molecular complexity index is 651. The maximum Gasteiger partial charge on any atom is 0.0739 e. The van der Waals surface area contributed by atoms with Crippen LogP contribution in [0.2, 0.25) is 0 Å². The van der Waals surface area contributed by atoms with Crippen LogP contribution in [0, 0.1) is 6.92 Å². The van der Waals surface area contributed by atoms with E-state index in [4.69, 9.17) is 5.73 Å². The Balaban J connectivity index is 1.88. The molecule has 1 unspecified atom stereocenters. The van der Waals surface area contributed by atoms with Crippen molar-refractivity contribution in [3.63, 3.8) is 0 Å². The van der Waals surface area contributed by atoms with Crippen LogP contribution in [-0.2, 0) is 0 Å². The van der Waals surface area contributed by atoms with Gasteiger partial charge in [0.25, 0.3) is 0 Å².